The number of aromatic hydroxyl groups is 1. The van der Waals surface area contributed by atoms with E-state index in [1.165, 1.54) is 44.2 Å². The molecule has 3 heteroatoms. The van der Waals surface area contributed by atoms with Crippen LogP contribution in [0.3, 0.4) is 0 Å². The zero-order valence-electron chi connectivity index (χ0n) is 11.6. The molecular weight excluding hydrogens is 236 g/mol. The van der Waals surface area contributed by atoms with Gasteiger partial charge in [-0.05, 0) is 56.7 Å². The first-order valence-corrected chi connectivity index (χ1v) is 7.67. The molecular formula is C16H24N2O. The van der Waals surface area contributed by atoms with Gasteiger partial charge in [0.15, 0.2) is 0 Å². The van der Waals surface area contributed by atoms with Gasteiger partial charge in [-0.2, -0.15) is 0 Å². The molecule has 0 amide bonds. The first-order valence-electron chi connectivity index (χ1n) is 7.67. The lowest BCUT2D eigenvalue weighted by molar-refractivity contribution is 0.469. The van der Waals surface area contributed by atoms with Crippen molar-refractivity contribution in [3.05, 3.63) is 18.2 Å². The number of nitrogens with zero attached hydrogens (tertiary/aromatic N) is 2. The van der Waals surface area contributed by atoms with Crippen LogP contribution in [0.5, 0.6) is 5.75 Å². The Balaban J connectivity index is 1.82. The fraction of sp³-hybridized carbons (Fsp3) is 0.625. The number of benzene rings is 1. The Morgan fingerprint density at radius 3 is 1.95 bits per heavy atom. The highest BCUT2D eigenvalue weighted by atomic mass is 16.3. The molecule has 0 aliphatic carbocycles. The van der Waals surface area contributed by atoms with Gasteiger partial charge in [-0.3, -0.25) is 0 Å². The molecule has 2 aliphatic rings. The molecule has 1 aromatic carbocycles. The number of phenolic OH excluding ortho intramolecular Hbond substituents is 1. The summed E-state index contributed by atoms with van der Waals surface area (Å²) < 4.78 is 0. The van der Waals surface area contributed by atoms with Gasteiger partial charge in [0.05, 0.1) is 5.69 Å². The molecule has 19 heavy (non-hydrogen) atoms. The highest BCUT2D eigenvalue weighted by Gasteiger charge is 2.17. The summed E-state index contributed by atoms with van der Waals surface area (Å²) in [5.74, 6) is 0.433. The van der Waals surface area contributed by atoms with Crippen molar-refractivity contribution >= 4 is 11.4 Å². The number of hydrogen-bond donors (Lipinski definition) is 1. The van der Waals surface area contributed by atoms with E-state index in [2.05, 4.69) is 21.9 Å². The van der Waals surface area contributed by atoms with Crippen LogP contribution in [0.15, 0.2) is 18.2 Å². The van der Waals surface area contributed by atoms with Crippen LogP contribution in [-0.4, -0.2) is 31.3 Å². The molecule has 1 aromatic rings. The zero-order chi connectivity index (χ0) is 13.1. The second-order valence-electron chi connectivity index (χ2n) is 5.77. The van der Waals surface area contributed by atoms with Crippen molar-refractivity contribution < 1.29 is 5.11 Å². The third-order valence-corrected chi connectivity index (χ3v) is 4.38. The Hall–Kier alpha value is -1.38. The Kier molecular flexibility index (Phi) is 3.81. The highest BCUT2D eigenvalue weighted by molar-refractivity contribution is 5.66. The van der Waals surface area contributed by atoms with Crippen molar-refractivity contribution in [2.45, 2.75) is 38.5 Å². The number of rotatable bonds is 2. The van der Waals surface area contributed by atoms with Crippen LogP contribution in [0.2, 0.25) is 0 Å². The number of phenols is 1. The van der Waals surface area contributed by atoms with Gasteiger partial charge in [0.2, 0.25) is 0 Å². The number of anilines is 2. The van der Waals surface area contributed by atoms with E-state index in [0.717, 1.165) is 31.9 Å². The summed E-state index contributed by atoms with van der Waals surface area (Å²) in [6, 6.07) is 6.12. The van der Waals surface area contributed by atoms with E-state index in [9.17, 15) is 5.11 Å². The smallest absolute Gasteiger partial charge is 0.139 e. The molecule has 0 spiro atoms. The third-order valence-electron chi connectivity index (χ3n) is 4.38. The average molecular weight is 260 g/mol. The van der Waals surface area contributed by atoms with Crippen LogP contribution in [0.4, 0.5) is 11.4 Å². The number of piperidine rings is 2. The molecule has 0 aromatic heterocycles. The Morgan fingerprint density at radius 1 is 0.737 bits per heavy atom. The monoisotopic (exact) mass is 260 g/mol. The fourth-order valence-corrected chi connectivity index (χ4v) is 3.25. The molecule has 104 valence electrons. The van der Waals surface area contributed by atoms with E-state index >= 15 is 0 Å². The Morgan fingerprint density at radius 2 is 1.32 bits per heavy atom. The van der Waals surface area contributed by atoms with E-state index < -0.39 is 0 Å². The normalized spacial score (nSPS) is 20.6. The Labute approximate surface area is 115 Å². The summed E-state index contributed by atoms with van der Waals surface area (Å²) in [4.78, 5) is 4.79. The van der Waals surface area contributed by atoms with E-state index in [4.69, 9.17) is 0 Å². The summed E-state index contributed by atoms with van der Waals surface area (Å²) in [5.41, 5.74) is 2.31. The summed E-state index contributed by atoms with van der Waals surface area (Å²) in [6.45, 7) is 4.47. The van der Waals surface area contributed by atoms with Gasteiger partial charge >= 0.3 is 0 Å². The van der Waals surface area contributed by atoms with E-state index in [-0.39, 0.29) is 0 Å². The minimum Gasteiger partial charge on any atom is -0.506 e. The zero-order valence-corrected chi connectivity index (χ0v) is 11.6. The molecule has 1 N–H and O–H groups in total. The van der Waals surface area contributed by atoms with E-state index in [1.807, 2.05) is 6.07 Å². The van der Waals surface area contributed by atoms with E-state index in [1.54, 1.807) is 0 Å². The van der Waals surface area contributed by atoms with Crippen LogP contribution in [0.1, 0.15) is 38.5 Å². The molecule has 3 nitrogen and oxygen atoms in total. The third kappa shape index (κ3) is 2.80. The van der Waals surface area contributed by atoms with Crippen LogP contribution in [0, 0.1) is 0 Å². The molecule has 2 aliphatic heterocycles. The first-order chi connectivity index (χ1) is 9.34. The molecule has 2 saturated heterocycles. The van der Waals surface area contributed by atoms with Gasteiger partial charge in [0.25, 0.3) is 0 Å². The van der Waals surface area contributed by atoms with Crippen LogP contribution >= 0.6 is 0 Å². The van der Waals surface area contributed by atoms with Crippen LogP contribution in [0.25, 0.3) is 0 Å². The highest BCUT2D eigenvalue weighted by Crippen LogP contribution is 2.34. The van der Waals surface area contributed by atoms with Gasteiger partial charge in [0, 0.05) is 31.9 Å². The topological polar surface area (TPSA) is 26.7 Å². The Bertz CT molecular complexity index is 421. The lowest BCUT2D eigenvalue weighted by Crippen LogP contribution is -2.31. The quantitative estimate of drug-likeness (QED) is 0.883. The largest absolute Gasteiger partial charge is 0.506 e. The maximum atomic E-state index is 10.1. The molecule has 3 rings (SSSR count). The summed E-state index contributed by atoms with van der Waals surface area (Å²) >= 11 is 0. The number of hydrogen-bond acceptors (Lipinski definition) is 3. The minimum absolute atomic E-state index is 0.433. The SMILES string of the molecule is Oc1ccc(N2CCCCC2)cc1N1CCCCC1. The van der Waals surface area contributed by atoms with Crippen molar-refractivity contribution in [2.75, 3.05) is 36.0 Å². The molecule has 0 bridgehead atoms. The first kappa shape index (κ1) is 12.6. The van der Waals surface area contributed by atoms with Gasteiger partial charge in [-0.15, -0.1) is 0 Å². The molecule has 2 fully saturated rings. The summed E-state index contributed by atoms with van der Waals surface area (Å²) in [6.07, 6.45) is 7.75. The van der Waals surface area contributed by atoms with Gasteiger partial charge in [-0.1, -0.05) is 0 Å². The van der Waals surface area contributed by atoms with Crippen LogP contribution in [-0.2, 0) is 0 Å². The lowest BCUT2D eigenvalue weighted by Gasteiger charge is -2.32. The summed E-state index contributed by atoms with van der Waals surface area (Å²) in [5, 5.41) is 10.1. The second-order valence-corrected chi connectivity index (χ2v) is 5.77. The average Bonchev–Trinajstić information content (AvgIpc) is 2.49. The maximum absolute atomic E-state index is 10.1. The molecule has 0 saturated carbocycles. The predicted molar refractivity (Wildman–Crippen MR) is 80.2 cm³/mol. The van der Waals surface area contributed by atoms with E-state index in [0.29, 0.717) is 5.75 Å². The van der Waals surface area contributed by atoms with Gasteiger partial charge < -0.3 is 14.9 Å². The van der Waals surface area contributed by atoms with Gasteiger partial charge in [-0.25, -0.2) is 0 Å². The predicted octanol–water partition coefficient (Wildman–Crippen LogP) is 3.37. The standard InChI is InChI=1S/C16H24N2O/c19-16-8-7-14(17-9-3-1-4-10-17)13-15(16)18-11-5-2-6-12-18/h7-8,13,19H,1-6,9-12H2. The van der Waals surface area contributed by atoms with Gasteiger partial charge in [0.1, 0.15) is 5.75 Å². The summed E-state index contributed by atoms with van der Waals surface area (Å²) in [7, 11) is 0. The van der Waals surface area contributed by atoms with Crippen molar-refractivity contribution in [1.29, 1.82) is 0 Å². The van der Waals surface area contributed by atoms with Crippen molar-refractivity contribution in [2.24, 2.45) is 0 Å². The maximum Gasteiger partial charge on any atom is 0.139 e. The molecule has 0 radical (unpaired) electrons. The van der Waals surface area contributed by atoms with Crippen molar-refractivity contribution in [1.82, 2.24) is 0 Å². The molecule has 0 atom stereocenters. The van der Waals surface area contributed by atoms with Crippen molar-refractivity contribution in [3.8, 4) is 5.75 Å². The fourth-order valence-electron chi connectivity index (χ4n) is 3.25. The second kappa shape index (κ2) is 5.72. The molecule has 2 heterocycles. The molecule has 0 unspecified atom stereocenters. The minimum atomic E-state index is 0.433. The lowest BCUT2D eigenvalue weighted by atomic mass is 10.1. The van der Waals surface area contributed by atoms with Crippen molar-refractivity contribution in [3.63, 3.8) is 0 Å². The van der Waals surface area contributed by atoms with Crippen LogP contribution < -0.4 is 9.80 Å².